The van der Waals surface area contributed by atoms with E-state index in [9.17, 15) is 9.59 Å². The number of carboxylic acid groups (broad SMARTS) is 1. The van der Waals surface area contributed by atoms with E-state index in [4.69, 9.17) is 5.11 Å². The zero-order valence-corrected chi connectivity index (χ0v) is 10.9. The maximum atomic E-state index is 11.6. The standard InChI is InChI=1S/C11H16N2O3S/c1-11(2,3)13-8(14)5-9-12-7(6-17-9)4-10(15)16/h6H,4-5H2,1-3H3,(H,13,14)(H,15,16). The Labute approximate surface area is 104 Å². The molecule has 0 aromatic carbocycles. The highest BCUT2D eigenvalue weighted by Crippen LogP contribution is 2.11. The zero-order chi connectivity index (χ0) is 13.1. The van der Waals surface area contributed by atoms with Gasteiger partial charge in [0.2, 0.25) is 5.91 Å². The average molecular weight is 256 g/mol. The lowest BCUT2D eigenvalue weighted by atomic mass is 10.1. The summed E-state index contributed by atoms with van der Waals surface area (Å²) in [6, 6.07) is 0. The number of rotatable bonds is 4. The maximum Gasteiger partial charge on any atom is 0.309 e. The molecule has 1 amide bonds. The molecule has 0 atom stereocenters. The molecule has 0 spiro atoms. The predicted molar refractivity (Wildman–Crippen MR) is 65.1 cm³/mol. The van der Waals surface area contributed by atoms with Crippen LogP contribution in [0.25, 0.3) is 0 Å². The number of thiazole rings is 1. The van der Waals surface area contributed by atoms with Crippen LogP contribution in [0.3, 0.4) is 0 Å². The first-order valence-corrected chi connectivity index (χ1v) is 6.10. The molecule has 6 heteroatoms. The fourth-order valence-electron chi connectivity index (χ4n) is 1.27. The molecular formula is C11H16N2O3S. The van der Waals surface area contributed by atoms with Gasteiger partial charge in [0.05, 0.1) is 18.5 Å². The van der Waals surface area contributed by atoms with Crippen molar-refractivity contribution >= 4 is 23.2 Å². The molecule has 0 unspecified atom stereocenters. The molecule has 94 valence electrons. The van der Waals surface area contributed by atoms with Gasteiger partial charge in [0.25, 0.3) is 0 Å². The summed E-state index contributed by atoms with van der Waals surface area (Å²) in [6.07, 6.45) is 0.0962. The Hall–Kier alpha value is -1.43. The van der Waals surface area contributed by atoms with Gasteiger partial charge in [0.15, 0.2) is 0 Å². The van der Waals surface area contributed by atoms with Crippen molar-refractivity contribution in [1.29, 1.82) is 0 Å². The van der Waals surface area contributed by atoms with E-state index >= 15 is 0 Å². The molecule has 1 rings (SSSR count). The van der Waals surface area contributed by atoms with E-state index in [2.05, 4.69) is 10.3 Å². The van der Waals surface area contributed by atoms with Crippen molar-refractivity contribution in [2.45, 2.75) is 39.2 Å². The van der Waals surface area contributed by atoms with Crippen LogP contribution in [0.5, 0.6) is 0 Å². The maximum absolute atomic E-state index is 11.6. The summed E-state index contributed by atoms with van der Waals surface area (Å²) in [7, 11) is 0. The van der Waals surface area contributed by atoms with Crippen molar-refractivity contribution < 1.29 is 14.7 Å². The first kappa shape index (κ1) is 13.6. The van der Waals surface area contributed by atoms with Gasteiger partial charge in [-0.25, -0.2) is 4.98 Å². The van der Waals surface area contributed by atoms with E-state index < -0.39 is 5.97 Å². The number of carboxylic acids is 1. The average Bonchev–Trinajstić information content (AvgIpc) is 2.46. The van der Waals surface area contributed by atoms with Crippen molar-refractivity contribution in [3.05, 3.63) is 16.1 Å². The topological polar surface area (TPSA) is 79.3 Å². The third-order valence-electron chi connectivity index (χ3n) is 1.76. The number of aromatic nitrogens is 1. The van der Waals surface area contributed by atoms with Crippen molar-refractivity contribution in [3.8, 4) is 0 Å². The second-order valence-corrected chi connectivity index (χ2v) is 5.72. The molecule has 0 saturated carbocycles. The molecule has 1 aromatic rings. The molecular weight excluding hydrogens is 240 g/mol. The number of nitrogens with zero attached hydrogens (tertiary/aromatic N) is 1. The van der Waals surface area contributed by atoms with Gasteiger partial charge >= 0.3 is 5.97 Å². The summed E-state index contributed by atoms with van der Waals surface area (Å²) in [5, 5.41) is 13.7. The lowest BCUT2D eigenvalue weighted by Crippen LogP contribution is -2.41. The lowest BCUT2D eigenvalue weighted by molar-refractivity contribution is -0.136. The molecule has 1 aromatic heterocycles. The van der Waals surface area contributed by atoms with Crippen LogP contribution in [0.2, 0.25) is 0 Å². The van der Waals surface area contributed by atoms with Crippen LogP contribution in [-0.2, 0) is 22.4 Å². The van der Waals surface area contributed by atoms with E-state index in [1.165, 1.54) is 11.3 Å². The van der Waals surface area contributed by atoms with Gasteiger partial charge in [-0.1, -0.05) is 0 Å². The largest absolute Gasteiger partial charge is 0.481 e. The molecule has 0 radical (unpaired) electrons. The first-order valence-electron chi connectivity index (χ1n) is 5.22. The van der Waals surface area contributed by atoms with Crippen LogP contribution < -0.4 is 5.32 Å². The minimum Gasteiger partial charge on any atom is -0.481 e. The highest BCUT2D eigenvalue weighted by atomic mass is 32.1. The van der Waals surface area contributed by atoms with Gasteiger partial charge in [-0.05, 0) is 20.8 Å². The van der Waals surface area contributed by atoms with Gasteiger partial charge in [-0.15, -0.1) is 11.3 Å². The normalized spacial score (nSPS) is 11.2. The Morgan fingerprint density at radius 1 is 1.41 bits per heavy atom. The van der Waals surface area contributed by atoms with E-state index in [-0.39, 0.29) is 24.3 Å². The first-order chi connectivity index (χ1) is 7.76. The molecule has 0 aliphatic rings. The second kappa shape index (κ2) is 5.27. The Morgan fingerprint density at radius 2 is 2.06 bits per heavy atom. The molecule has 0 aliphatic heterocycles. The predicted octanol–water partition coefficient (Wildman–Crippen LogP) is 1.23. The summed E-state index contributed by atoms with van der Waals surface area (Å²) in [4.78, 5) is 26.2. The summed E-state index contributed by atoms with van der Waals surface area (Å²) >= 11 is 1.31. The van der Waals surface area contributed by atoms with Gasteiger partial charge in [-0.2, -0.15) is 0 Å². The third-order valence-corrected chi connectivity index (χ3v) is 2.66. The van der Waals surface area contributed by atoms with Gasteiger partial charge in [0.1, 0.15) is 5.01 Å². The Bertz CT molecular complexity index is 421. The fourth-order valence-corrected chi connectivity index (χ4v) is 2.06. The van der Waals surface area contributed by atoms with E-state index in [1.54, 1.807) is 5.38 Å². The van der Waals surface area contributed by atoms with Crippen LogP contribution in [-0.4, -0.2) is 27.5 Å². The lowest BCUT2D eigenvalue weighted by Gasteiger charge is -2.19. The number of nitrogens with one attached hydrogen (secondary N) is 1. The summed E-state index contributed by atoms with van der Waals surface area (Å²) in [5.74, 6) is -1.02. The summed E-state index contributed by atoms with van der Waals surface area (Å²) in [6.45, 7) is 5.72. The minimum absolute atomic E-state index is 0.0998. The third kappa shape index (κ3) is 5.44. The van der Waals surface area contributed by atoms with Gasteiger partial charge in [-0.3, -0.25) is 9.59 Å². The molecule has 2 N–H and O–H groups in total. The highest BCUT2D eigenvalue weighted by Gasteiger charge is 2.15. The zero-order valence-electron chi connectivity index (χ0n) is 10.1. The quantitative estimate of drug-likeness (QED) is 0.849. The summed E-state index contributed by atoms with van der Waals surface area (Å²) < 4.78 is 0. The highest BCUT2D eigenvalue weighted by molar-refractivity contribution is 7.09. The van der Waals surface area contributed by atoms with Crippen molar-refractivity contribution in [2.24, 2.45) is 0 Å². The molecule has 0 saturated heterocycles. The van der Waals surface area contributed by atoms with E-state index in [0.29, 0.717) is 10.7 Å². The van der Waals surface area contributed by atoms with Crippen LogP contribution >= 0.6 is 11.3 Å². The van der Waals surface area contributed by atoms with E-state index in [0.717, 1.165) is 0 Å². The number of aliphatic carboxylic acids is 1. The fraction of sp³-hybridized carbons (Fsp3) is 0.545. The van der Waals surface area contributed by atoms with Gasteiger partial charge < -0.3 is 10.4 Å². The van der Waals surface area contributed by atoms with Crippen LogP contribution in [0.4, 0.5) is 0 Å². The molecule has 0 aliphatic carbocycles. The number of carbonyl (C=O) groups is 2. The van der Waals surface area contributed by atoms with Crippen molar-refractivity contribution in [3.63, 3.8) is 0 Å². The summed E-state index contributed by atoms with van der Waals surface area (Å²) in [5.41, 5.74) is 0.235. The second-order valence-electron chi connectivity index (χ2n) is 4.78. The number of hydrogen-bond donors (Lipinski definition) is 2. The number of amides is 1. The van der Waals surface area contributed by atoms with Crippen LogP contribution in [0.15, 0.2) is 5.38 Å². The molecule has 0 fully saturated rings. The molecule has 1 heterocycles. The molecule has 0 bridgehead atoms. The van der Waals surface area contributed by atoms with Crippen molar-refractivity contribution in [1.82, 2.24) is 10.3 Å². The monoisotopic (exact) mass is 256 g/mol. The molecule has 5 nitrogen and oxygen atoms in total. The van der Waals surface area contributed by atoms with Gasteiger partial charge in [0, 0.05) is 10.9 Å². The Kier molecular flexibility index (Phi) is 4.22. The Morgan fingerprint density at radius 3 is 2.59 bits per heavy atom. The Balaban J connectivity index is 2.55. The number of carbonyl (C=O) groups excluding carboxylic acids is 1. The smallest absolute Gasteiger partial charge is 0.309 e. The van der Waals surface area contributed by atoms with Crippen LogP contribution in [0, 0.1) is 0 Å². The number of hydrogen-bond acceptors (Lipinski definition) is 4. The van der Waals surface area contributed by atoms with Crippen LogP contribution in [0.1, 0.15) is 31.5 Å². The van der Waals surface area contributed by atoms with E-state index in [1.807, 2.05) is 20.8 Å². The molecule has 17 heavy (non-hydrogen) atoms. The minimum atomic E-state index is -0.916. The SMILES string of the molecule is CC(C)(C)NC(=O)Cc1nc(CC(=O)O)cs1. The van der Waals surface area contributed by atoms with Crippen molar-refractivity contribution in [2.75, 3.05) is 0 Å².